The molecule has 0 radical (unpaired) electrons. The number of hydrogen-bond acceptors (Lipinski definition) is 3. The Labute approximate surface area is 230 Å². The largest absolute Gasteiger partial charge is 0.204 e. The van der Waals surface area contributed by atoms with Gasteiger partial charge < -0.3 is 0 Å². The van der Waals surface area contributed by atoms with Crippen LogP contribution < -0.4 is 0 Å². The zero-order valence-corrected chi connectivity index (χ0v) is 22.2. The van der Waals surface area contributed by atoms with E-state index >= 15 is 0 Å². The molecule has 1 unspecified atom stereocenters. The third kappa shape index (κ3) is 4.35. The fourth-order valence-corrected chi connectivity index (χ4v) is 5.58. The zero-order valence-electron chi connectivity index (χ0n) is 20.6. The van der Waals surface area contributed by atoms with Crippen LogP contribution in [0.15, 0.2) is 146 Å². The van der Waals surface area contributed by atoms with Crippen LogP contribution in [0.2, 0.25) is 0 Å². The predicted molar refractivity (Wildman–Crippen MR) is 155 cm³/mol. The summed E-state index contributed by atoms with van der Waals surface area (Å²) in [5.41, 5.74) is 5.67. The standard InChI is InChI=1S/C33H25BrN4/c34-31(25-13-5-1-6-14-25)26-21-23-27(24-22-26)32-35-37-38(36-32)33(28-15-7-2-8-16-28,29-17-9-3-10-18-29)30-19-11-4-12-20-30/h1-24,31H. The molecule has 1 atom stereocenters. The Balaban J connectivity index is 1.46. The molecule has 4 nitrogen and oxygen atoms in total. The van der Waals surface area contributed by atoms with Crippen LogP contribution >= 0.6 is 15.9 Å². The fraction of sp³-hybridized carbons (Fsp3) is 0.0606. The summed E-state index contributed by atoms with van der Waals surface area (Å²) in [5.74, 6) is 0.578. The van der Waals surface area contributed by atoms with E-state index in [1.807, 2.05) is 24.3 Å². The molecule has 0 bridgehead atoms. The lowest BCUT2D eigenvalue weighted by Crippen LogP contribution is -2.39. The molecule has 0 aliphatic carbocycles. The Morgan fingerprint density at radius 3 is 1.42 bits per heavy atom. The number of rotatable bonds is 7. The maximum atomic E-state index is 5.00. The number of aromatic nitrogens is 4. The van der Waals surface area contributed by atoms with Crippen molar-refractivity contribution in [2.45, 2.75) is 10.4 Å². The highest BCUT2D eigenvalue weighted by Gasteiger charge is 2.41. The summed E-state index contributed by atoms with van der Waals surface area (Å²) < 4.78 is 0. The molecule has 184 valence electrons. The maximum Gasteiger partial charge on any atom is 0.204 e. The molecule has 5 aromatic carbocycles. The van der Waals surface area contributed by atoms with E-state index in [1.165, 1.54) is 11.1 Å². The van der Waals surface area contributed by atoms with Crippen LogP contribution in [-0.2, 0) is 5.54 Å². The minimum absolute atomic E-state index is 0.114. The third-order valence-corrected chi connectivity index (χ3v) is 7.90. The topological polar surface area (TPSA) is 43.6 Å². The van der Waals surface area contributed by atoms with Crippen molar-refractivity contribution < 1.29 is 0 Å². The second-order valence-corrected chi connectivity index (χ2v) is 10.0. The molecule has 38 heavy (non-hydrogen) atoms. The molecule has 0 amide bonds. The number of benzene rings is 5. The van der Waals surface area contributed by atoms with Crippen LogP contribution in [-0.4, -0.2) is 20.2 Å². The lowest BCUT2D eigenvalue weighted by atomic mass is 9.77. The van der Waals surface area contributed by atoms with Crippen LogP contribution in [0.5, 0.6) is 0 Å². The van der Waals surface area contributed by atoms with Gasteiger partial charge in [0.15, 0.2) is 5.54 Å². The van der Waals surface area contributed by atoms with E-state index in [-0.39, 0.29) is 4.83 Å². The van der Waals surface area contributed by atoms with Crippen molar-refractivity contribution in [3.8, 4) is 11.4 Å². The fourth-order valence-electron chi connectivity index (χ4n) is 4.97. The first-order valence-electron chi connectivity index (χ1n) is 12.5. The van der Waals surface area contributed by atoms with Gasteiger partial charge >= 0.3 is 0 Å². The molecule has 0 saturated heterocycles. The van der Waals surface area contributed by atoms with E-state index < -0.39 is 5.54 Å². The Hall–Kier alpha value is -4.35. The van der Waals surface area contributed by atoms with Crippen molar-refractivity contribution in [2.24, 2.45) is 0 Å². The van der Waals surface area contributed by atoms with Crippen molar-refractivity contribution in [3.05, 3.63) is 173 Å². The van der Waals surface area contributed by atoms with Gasteiger partial charge in [0.25, 0.3) is 0 Å². The van der Waals surface area contributed by atoms with Crippen LogP contribution in [0.4, 0.5) is 0 Å². The summed E-state index contributed by atoms with van der Waals surface area (Å²) >= 11 is 3.84. The normalized spacial score (nSPS) is 12.2. The first-order chi connectivity index (χ1) is 18.8. The van der Waals surface area contributed by atoms with E-state index in [4.69, 9.17) is 5.10 Å². The Kier molecular flexibility index (Phi) is 6.67. The number of alkyl halides is 1. The minimum atomic E-state index is -0.788. The Bertz CT molecular complexity index is 1500. The van der Waals surface area contributed by atoms with E-state index in [1.54, 1.807) is 4.80 Å². The second-order valence-electron chi connectivity index (χ2n) is 9.11. The average Bonchev–Trinajstić information content (AvgIpc) is 3.50. The number of hydrogen-bond donors (Lipinski definition) is 0. The molecule has 0 aliphatic heterocycles. The third-order valence-electron chi connectivity index (χ3n) is 6.84. The summed E-state index contributed by atoms with van der Waals surface area (Å²) in [6.45, 7) is 0. The van der Waals surface area contributed by atoms with E-state index in [2.05, 4.69) is 148 Å². The molecule has 0 fully saturated rings. The summed E-state index contributed by atoms with van der Waals surface area (Å²) in [5, 5.41) is 14.2. The molecular formula is C33H25BrN4. The number of tetrazole rings is 1. The van der Waals surface area contributed by atoms with Crippen molar-refractivity contribution in [1.82, 2.24) is 20.2 Å². The molecular weight excluding hydrogens is 532 g/mol. The number of nitrogens with zero attached hydrogens (tertiary/aromatic N) is 4. The molecule has 0 spiro atoms. The second kappa shape index (κ2) is 10.6. The van der Waals surface area contributed by atoms with Gasteiger partial charge in [-0.05, 0) is 33.0 Å². The molecule has 1 heterocycles. The lowest BCUT2D eigenvalue weighted by Gasteiger charge is -2.34. The lowest BCUT2D eigenvalue weighted by molar-refractivity contribution is 0.396. The first kappa shape index (κ1) is 24.0. The molecule has 0 N–H and O–H groups in total. The van der Waals surface area contributed by atoms with E-state index in [0.717, 1.165) is 22.3 Å². The monoisotopic (exact) mass is 556 g/mol. The van der Waals surface area contributed by atoms with Gasteiger partial charge in [0, 0.05) is 5.56 Å². The SMILES string of the molecule is BrC(c1ccccc1)c1ccc(-c2nnn(C(c3ccccc3)(c3ccccc3)c3ccccc3)n2)cc1. The zero-order chi connectivity index (χ0) is 25.8. The molecule has 5 heteroatoms. The van der Waals surface area contributed by atoms with Gasteiger partial charge in [0.05, 0.1) is 4.83 Å². The van der Waals surface area contributed by atoms with Crippen molar-refractivity contribution in [2.75, 3.05) is 0 Å². The van der Waals surface area contributed by atoms with Crippen LogP contribution in [0.25, 0.3) is 11.4 Å². The quantitative estimate of drug-likeness (QED) is 0.150. The highest BCUT2D eigenvalue weighted by molar-refractivity contribution is 9.09. The van der Waals surface area contributed by atoms with Gasteiger partial charge in [-0.1, -0.05) is 162 Å². The highest BCUT2D eigenvalue weighted by atomic mass is 79.9. The number of halogens is 1. The Morgan fingerprint density at radius 2 is 0.947 bits per heavy atom. The minimum Gasteiger partial charge on any atom is -0.144 e. The predicted octanol–water partition coefficient (Wildman–Crippen LogP) is 7.66. The van der Waals surface area contributed by atoms with Gasteiger partial charge in [-0.15, -0.1) is 15.0 Å². The van der Waals surface area contributed by atoms with Crippen LogP contribution in [0.1, 0.15) is 32.6 Å². The summed E-state index contributed by atoms with van der Waals surface area (Å²) in [4.78, 5) is 1.87. The van der Waals surface area contributed by atoms with Crippen molar-refractivity contribution >= 4 is 15.9 Å². The average molecular weight is 557 g/mol. The van der Waals surface area contributed by atoms with Gasteiger partial charge in [-0.25, -0.2) is 0 Å². The van der Waals surface area contributed by atoms with Crippen LogP contribution in [0, 0.1) is 0 Å². The summed E-state index contributed by atoms with van der Waals surface area (Å²) in [7, 11) is 0. The van der Waals surface area contributed by atoms with Gasteiger partial charge in [-0.3, -0.25) is 0 Å². The molecule has 6 aromatic rings. The van der Waals surface area contributed by atoms with Crippen molar-refractivity contribution in [1.29, 1.82) is 0 Å². The van der Waals surface area contributed by atoms with E-state index in [0.29, 0.717) is 5.82 Å². The summed E-state index contributed by atoms with van der Waals surface area (Å²) in [6.07, 6.45) is 0. The molecule has 6 rings (SSSR count). The van der Waals surface area contributed by atoms with Gasteiger partial charge in [-0.2, -0.15) is 0 Å². The smallest absolute Gasteiger partial charge is 0.144 e. The highest BCUT2D eigenvalue weighted by Crippen LogP contribution is 2.40. The van der Waals surface area contributed by atoms with E-state index in [9.17, 15) is 0 Å². The maximum absolute atomic E-state index is 5.00. The summed E-state index contributed by atoms with van der Waals surface area (Å²) in [6, 6.07) is 49.8. The van der Waals surface area contributed by atoms with Gasteiger partial charge in [0.1, 0.15) is 0 Å². The molecule has 1 aromatic heterocycles. The molecule has 0 saturated carbocycles. The van der Waals surface area contributed by atoms with Gasteiger partial charge in [0.2, 0.25) is 5.82 Å². The van der Waals surface area contributed by atoms with Crippen LogP contribution in [0.3, 0.4) is 0 Å². The first-order valence-corrected chi connectivity index (χ1v) is 13.4. The molecule has 0 aliphatic rings. The Morgan fingerprint density at radius 1 is 0.526 bits per heavy atom. The van der Waals surface area contributed by atoms with Crippen molar-refractivity contribution in [3.63, 3.8) is 0 Å².